The summed E-state index contributed by atoms with van der Waals surface area (Å²) in [4.78, 5) is 0. The summed E-state index contributed by atoms with van der Waals surface area (Å²) in [6.45, 7) is 9.52. The van der Waals surface area contributed by atoms with Crippen molar-refractivity contribution in [3.05, 3.63) is 0 Å². The van der Waals surface area contributed by atoms with E-state index in [2.05, 4.69) is 27.7 Å². The molecule has 0 aliphatic heterocycles. The summed E-state index contributed by atoms with van der Waals surface area (Å²) in [7, 11) is 0. The molecule has 0 amide bonds. The van der Waals surface area contributed by atoms with E-state index in [9.17, 15) is 5.11 Å². The molecule has 3 aliphatic rings. The predicted octanol–water partition coefficient (Wildman–Crippen LogP) is 4.64. The fourth-order valence-electron chi connectivity index (χ4n) is 5.74. The zero-order chi connectivity index (χ0) is 13.8. The van der Waals surface area contributed by atoms with E-state index >= 15 is 0 Å². The summed E-state index contributed by atoms with van der Waals surface area (Å²) in [5.74, 6) is 4.57. The molecule has 3 aliphatic carbocycles. The molecule has 0 bridgehead atoms. The fourth-order valence-corrected chi connectivity index (χ4v) is 5.74. The maximum Gasteiger partial charge on any atom is 0.0622 e. The van der Waals surface area contributed by atoms with Gasteiger partial charge in [-0.2, -0.15) is 0 Å². The summed E-state index contributed by atoms with van der Waals surface area (Å²) < 4.78 is 0. The smallest absolute Gasteiger partial charge is 0.0622 e. The lowest BCUT2D eigenvalue weighted by Gasteiger charge is -2.56. The minimum absolute atomic E-state index is 0.368. The molecule has 6 atom stereocenters. The normalized spacial score (nSPS) is 53.2. The van der Waals surface area contributed by atoms with Gasteiger partial charge in [0.1, 0.15) is 0 Å². The van der Waals surface area contributed by atoms with Crippen LogP contribution in [0.5, 0.6) is 0 Å². The van der Waals surface area contributed by atoms with Gasteiger partial charge in [0.2, 0.25) is 0 Å². The van der Waals surface area contributed by atoms with E-state index < -0.39 is 0 Å². The molecule has 0 aromatic carbocycles. The molecule has 1 N–H and O–H groups in total. The van der Waals surface area contributed by atoms with Crippen molar-refractivity contribution in [3.63, 3.8) is 0 Å². The first-order chi connectivity index (χ1) is 8.80. The van der Waals surface area contributed by atoms with Crippen molar-refractivity contribution in [2.24, 2.45) is 35.0 Å². The lowest BCUT2D eigenvalue weighted by molar-refractivity contribution is -0.0938. The Hall–Kier alpha value is -0.0400. The van der Waals surface area contributed by atoms with E-state index in [4.69, 9.17) is 0 Å². The Morgan fingerprint density at radius 3 is 2.26 bits per heavy atom. The van der Waals surface area contributed by atoms with E-state index in [1.54, 1.807) is 0 Å². The molecule has 0 saturated heterocycles. The molecule has 0 heterocycles. The second-order valence-electron chi connectivity index (χ2n) is 8.88. The topological polar surface area (TPSA) is 20.2 Å². The average molecular weight is 264 g/mol. The molecular formula is C18H32O. The molecule has 0 spiro atoms. The second-order valence-corrected chi connectivity index (χ2v) is 8.88. The first kappa shape index (κ1) is 13.9. The molecule has 0 radical (unpaired) electrons. The van der Waals surface area contributed by atoms with Crippen LogP contribution < -0.4 is 0 Å². The zero-order valence-electron chi connectivity index (χ0n) is 13.3. The highest BCUT2D eigenvalue weighted by Gasteiger charge is 2.50. The SMILES string of the molecule is CC1C2CCC3CC(C)(O)CCC3C2CCC1(C)C. The van der Waals surface area contributed by atoms with E-state index in [-0.39, 0.29) is 5.60 Å². The maximum atomic E-state index is 10.3. The van der Waals surface area contributed by atoms with Crippen molar-refractivity contribution < 1.29 is 5.11 Å². The number of hydrogen-bond acceptors (Lipinski definition) is 1. The monoisotopic (exact) mass is 264 g/mol. The van der Waals surface area contributed by atoms with E-state index in [1.165, 1.54) is 32.1 Å². The van der Waals surface area contributed by atoms with Gasteiger partial charge in [-0.15, -0.1) is 0 Å². The van der Waals surface area contributed by atoms with Crippen LogP contribution in [-0.2, 0) is 0 Å². The van der Waals surface area contributed by atoms with Crippen LogP contribution in [0.1, 0.15) is 72.6 Å². The highest BCUT2D eigenvalue weighted by molar-refractivity contribution is 5.00. The summed E-state index contributed by atoms with van der Waals surface area (Å²) in [6.07, 6.45) is 9.05. The van der Waals surface area contributed by atoms with Crippen LogP contribution in [0.2, 0.25) is 0 Å². The van der Waals surface area contributed by atoms with Gasteiger partial charge in [-0.25, -0.2) is 0 Å². The van der Waals surface area contributed by atoms with Gasteiger partial charge in [0.05, 0.1) is 5.60 Å². The first-order valence-corrected chi connectivity index (χ1v) is 8.52. The van der Waals surface area contributed by atoms with Crippen LogP contribution in [0.25, 0.3) is 0 Å². The third-order valence-corrected chi connectivity index (χ3v) is 7.29. The minimum Gasteiger partial charge on any atom is -0.390 e. The van der Waals surface area contributed by atoms with Crippen molar-refractivity contribution in [2.45, 2.75) is 78.2 Å². The first-order valence-electron chi connectivity index (χ1n) is 8.52. The fraction of sp³-hybridized carbons (Fsp3) is 1.00. The molecule has 6 unspecified atom stereocenters. The Morgan fingerprint density at radius 1 is 0.842 bits per heavy atom. The van der Waals surface area contributed by atoms with Gasteiger partial charge in [-0.1, -0.05) is 20.8 Å². The highest BCUT2D eigenvalue weighted by atomic mass is 16.3. The molecule has 1 heteroatoms. The Labute approximate surface area is 119 Å². The number of hydrogen-bond donors (Lipinski definition) is 1. The van der Waals surface area contributed by atoms with Gasteiger partial charge in [0, 0.05) is 0 Å². The summed E-state index contributed by atoms with van der Waals surface area (Å²) in [5, 5.41) is 10.3. The minimum atomic E-state index is -0.368. The standard InChI is InChI=1S/C18H32O/c1-12-14-6-5-13-11-18(4,19)10-8-15(13)16(14)7-9-17(12,2)3/h12-16,19H,5-11H2,1-4H3. The Balaban J connectivity index is 1.77. The lowest BCUT2D eigenvalue weighted by Crippen LogP contribution is -2.49. The Morgan fingerprint density at radius 2 is 1.53 bits per heavy atom. The van der Waals surface area contributed by atoms with Gasteiger partial charge in [0.25, 0.3) is 0 Å². The van der Waals surface area contributed by atoms with Gasteiger partial charge in [0.15, 0.2) is 0 Å². The van der Waals surface area contributed by atoms with Crippen molar-refractivity contribution in [1.82, 2.24) is 0 Å². The quantitative estimate of drug-likeness (QED) is 0.676. The molecule has 1 nitrogen and oxygen atoms in total. The third kappa shape index (κ3) is 2.37. The molecule has 19 heavy (non-hydrogen) atoms. The maximum absolute atomic E-state index is 10.3. The largest absolute Gasteiger partial charge is 0.390 e. The molecule has 3 saturated carbocycles. The van der Waals surface area contributed by atoms with Gasteiger partial charge in [-0.3, -0.25) is 0 Å². The van der Waals surface area contributed by atoms with Crippen molar-refractivity contribution in [3.8, 4) is 0 Å². The predicted molar refractivity (Wildman–Crippen MR) is 79.8 cm³/mol. The van der Waals surface area contributed by atoms with Crippen molar-refractivity contribution >= 4 is 0 Å². The highest BCUT2D eigenvalue weighted by Crippen LogP contribution is 2.58. The zero-order valence-corrected chi connectivity index (χ0v) is 13.3. The van der Waals surface area contributed by atoms with Crippen LogP contribution in [0.4, 0.5) is 0 Å². The van der Waals surface area contributed by atoms with Crippen molar-refractivity contribution in [1.29, 1.82) is 0 Å². The van der Waals surface area contributed by atoms with Crippen molar-refractivity contribution in [2.75, 3.05) is 0 Å². The summed E-state index contributed by atoms with van der Waals surface area (Å²) in [6, 6.07) is 0. The van der Waals surface area contributed by atoms with E-state index in [1.807, 2.05) is 0 Å². The molecule has 3 rings (SSSR count). The van der Waals surface area contributed by atoms with Crippen LogP contribution in [0.15, 0.2) is 0 Å². The number of fused-ring (bicyclic) bond motifs is 3. The van der Waals surface area contributed by atoms with Gasteiger partial charge < -0.3 is 5.11 Å². The molecule has 0 aromatic heterocycles. The van der Waals surface area contributed by atoms with Crippen LogP contribution in [-0.4, -0.2) is 10.7 Å². The molecule has 110 valence electrons. The van der Waals surface area contributed by atoms with Crippen LogP contribution in [0, 0.1) is 35.0 Å². The Kier molecular flexibility index (Phi) is 3.28. The lowest BCUT2D eigenvalue weighted by atomic mass is 9.50. The second kappa shape index (κ2) is 4.48. The average Bonchev–Trinajstić information content (AvgIpc) is 2.32. The number of aliphatic hydroxyl groups is 1. The molecule has 0 aromatic rings. The van der Waals surface area contributed by atoms with Gasteiger partial charge >= 0.3 is 0 Å². The van der Waals surface area contributed by atoms with E-state index in [0.717, 1.165) is 42.4 Å². The van der Waals surface area contributed by atoms with Gasteiger partial charge in [-0.05, 0) is 86.9 Å². The molecular weight excluding hydrogens is 232 g/mol. The third-order valence-electron chi connectivity index (χ3n) is 7.29. The summed E-state index contributed by atoms with van der Waals surface area (Å²) >= 11 is 0. The molecule has 3 fully saturated rings. The summed E-state index contributed by atoms with van der Waals surface area (Å²) in [5.41, 5.74) is 0.182. The van der Waals surface area contributed by atoms with Crippen LogP contribution in [0.3, 0.4) is 0 Å². The van der Waals surface area contributed by atoms with Crippen LogP contribution >= 0.6 is 0 Å². The number of rotatable bonds is 0. The Bertz CT molecular complexity index is 344. The van der Waals surface area contributed by atoms with E-state index in [0.29, 0.717) is 5.41 Å².